The largest absolute Gasteiger partial charge is 0.411 e. The van der Waals surface area contributed by atoms with E-state index in [4.69, 9.17) is 0 Å². The quantitative estimate of drug-likeness (QED) is 0.563. The summed E-state index contributed by atoms with van der Waals surface area (Å²) in [5.74, 6) is -0.436. The molecule has 0 spiro atoms. The van der Waals surface area contributed by atoms with Crippen LogP contribution >= 0.6 is 11.3 Å². The van der Waals surface area contributed by atoms with E-state index in [1.165, 1.54) is 10.9 Å². The van der Waals surface area contributed by atoms with Gasteiger partial charge in [-0.1, -0.05) is 19.1 Å². The molecule has 2 rings (SSSR count). The Morgan fingerprint density at radius 1 is 1.27 bits per heavy atom. The lowest BCUT2D eigenvalue weighted by Gasteiger charge is -2.08. The van der Waals surface area contributed by atoms with E-state index in [1.807, 2.05) is 12.1 Å². The van der Waals surface area contributed by atoms with Gasteiger partial charge in [0.2, 0.25) is 0 Å². The lowest BCUT2D eigenvalue weighted by molar-refractivity contribution is -0.176. The van der Waals surface area contributed by atoms with E-state index in [2.05, 4.69) is 22.2 Å². The third-order valence-corrected chi connectivity index (χ3v) is 4.75. The van der Waals surface area contributed by atoms with E-state index in [9.17, 15) is 18.0 Å². The molecule has 0 saturated carbocycles. The molecule has 0 saturated heterocycles. The molecular formula is C18H19F3N2O2S. The van der Waals surface area contributed by atoms with Gasteiger partial charge in [0.1, 0.15) is 6.61 Å². The topological polar surface area (TPSA) is 50.7 Å². The summed E-state index contributed by atoms with van der Waals surface area (Å²) < 4.78 is 40.9. The third-order valence-electron chi connectivity index (χ3n) is 3.42. The molecule has 0 aliphatic rings. The van der Waals surface area contributed by atoms with Crippen LogP contribution in [0.1, 0.15) is 39.5 Å². The number of alkyl halides is 3. The van der Waals surface area contributed by atoms with Crippen LogP contribution in [-0.4, -0.2) is 24.4 Å². The molecule has 0 aliphatic carbocycles. The van der Waals surface area contributed by atoms with Crippen molar-refractivity contribution >= 4 is 23.0 Å². The predicted octanol–water partition coefficient (Wildman–Crippen LogP) is 4.54. The number of amides is 1. The zero-order valence-electron chi connectivity index (χ0n) is 14.4. The van der Waals surface area contributed by atoms with Crippen molar-refractivity contribution in [2.75, 3.05) is 6.61 Å². The van der Waals surface area contributed by atoms with Crippen molar-refractivity contribution in [2.24, 2.45) is 5.10 Å². The Hall–Kier alpha value is -2.19. The van der Waals surface area contributed by atoms with Crippen molar-refractivity contribution in [1.82, 2.24) is 5.43 Å². The monoisotopic (exact) mass is 384 g/mol. The fourth-order valence-electron chi connectivity index (χ4n) is 2.10. The molecule has 1 N–H and O–H groups in total. The van der Waals surface area contributed by atoms with Gasteiger partial charge in [-0.2, -0.15) is 18.3 Å². The van der Waals surface area contributed by atoms with E-state index in [0.29, 0.717) is 16.8 Å². The first-order chi connectivity index (χ1) is 12.3. The molecule has 0 unspecified atom stereocenters. The van der Waals surface area contributed by atoms with Crippen molar-refractivity contribution in [3.05, 3.63) is 57.3 Å². The summed E-state index contributed by atoms with van der Waals surface area (Å²) in [6.07, 6.45) is -3.44. The van der Waals surface area contributed by atoms with Crippen LogP contribution in [0.15, 0.2) is 41.5 Å². The van der Waals surface area contributed by atoms with E-state index in [-0.39, 0.29) is 6.61 Å². The number of rotatable bonds is 7. The van der Waals surface area contributed by atoms with Crippen molar-refractivity contribution in [2.45, 2.75) is 33.1 Å². The molecule has 0 fully saturated rings. The number of benzene rings is 1. The molecular weight excluding hydrogens is 365 g/mol. The van der Waals surface area contributed by atoms with Gasteiger partial charge in [-0.3, -0.25) is 4.79 Å². The number of carbonyl (C=O) groups excluding carboxylic acids is 1. The van der Waals surface area contributed by atoms with E-state index in [0.717, 1.165) is 11.3 Å². The van der Waals surface area contributed by atoms with Crippen LogP contribution in [0.2, 0.25) is 0 Å². The zero-order chi connectivity index (χ0) is 19.2. The normalized spacial score (nSPS) is 12.3. The lowest BCUT2D eigenvalue weighted by atomic mass is 10.1. The highest BCUT2D eigenvalue weighted by Crippen LogP contribution is 2.18. The zero-order valence-corrected chi connectivity index (χ0v) is 15.2. The van der Waals surface area contributed by atoms with Gasteiger partial charge in [0.05, 0.1) is 17.2 Å². The number of ether oxygens (including phenoxy) is 1. The van der Waals surface area contributed by atoms with Gasteiger partial charge in [-0.15, -0.1) is 11.3 Å². The number of aryl methyl sites for hydroxylation is 1. The number of hydrogen-bond acceptors (Lipinski definition) is 4. The second-order valence-electron chi connectivity index (χ2n) is 5.57. The molecule has 1 aromatic carbocycles. The average molecular weight is 384 g/mol. The standard InChI is InChI=1S/C18H19F3N2O2S/c1-3-15-7-8-16(26-15)12(2)22-23-17(24)14-6-4-5-13(9-14)10-25-11-18(19,20)21/h4-9H,3,10-11H2,1-2H3,(H,23,24)/b22-12+. The third kappa shape index (κ3) is 6.27. The highest BCUT2D eigenvalue weighted by atomic mass is 32.1. The van der Waals surface area contributed by atoms with Crippen molar-refractivity contribution < 1.29 is 22.7 Å². The summed E-state index contributed by atoms with van der Waals surface area (Å²) in [4.78, 5) is 14.4. The van der Waals surface area contributed by atoms with Gasteiger partial charge in [0, 0.05) is 10.4 Å². The molecule has 8 heteroatoms. The number of hydrogen-bond donors (Lipinski definition) is 1. The Morgan fingerprint density at radius 3 is 2.69 bits per heavy atom. The number of carbonyl (C=O) groups is 1. The number of thiophene rings is 1. The smallest absolute Gasteiger partial charge is 0.367 e. The van der Waals surface area contributed by atoms with Gasteiger partial charge in [0.15, 0.2) is 0 Å². The van der Waals surface area contributed by atoms with Crippen LogP contribution in [0.5, 0.6) is 0 Å². The minimum Gasteiger partial charge on any atom is -0.367 e. The fraction of sp³-hybridized carbons (Fsp3) is 0.333. The Morgan fingerprint density at radius 2 is 2.04 bits per heavy atom. The van der Waals surface area contributed by atoms with Crippen LogP contribution in [0.3, 0.4) is 0 Å². The number of nitrogens with one attached hydrogen (secondary N) is 1. The number of nitrogens with zero attached hydrogens (tertiary/aromatic N) is 1. The Bertz CT molecular complexity index is 785. The molecule has 0 aliphatic heterocycles. The van der Waals surface area contributed by atoms with Crippen LogP contribution in [0, 0.1) is 0 Å². The molecule has 140 valence electrons. The molecule has 26 heavy (non-hydrogen) atoms. The van der Waals surface area contributed by atoms with Crippen LogP contribution in [0.25, 0.3) is 0 Å². The first-order valence-electron chi connectivity index (χ1n) is 7.95. The number of halogens is 3. The SMILES string of the molecule is CCc1ccc(/C(C)=N/NC(=O)c2cccc(COCC(F)(F)F)c2)s1. The molecule has 4 nitrogen and oxygen atoms in total. The fourth-order valence-corrected chi connectivity index (χ4v) is 3.00. The van der Waals surface area contributed by atoms with Gasteiger partial charge < -0.3 is 4.74 Å². The minimum atomic E-state index is -4.37. The summed E-state index contributed by atoms with van der Waals surface area (Å²) >= 11 is 1.61. The van der Waals surface area contributed by atoms with Crippen LogP contribution in [0.4, 0.5) is 13.2 Å². The second kappa shape index (κ2) is 8.95. The van der Waals surface area contributed by atoms with E-state index < -0.39 is 18.7 Å². The van der Waals surface area contributed by atoms with Crippen LogP contribution in [-0.2, 0) is 17.8 Å². The minimum absolute atomic E-state index is 0.224. The first kappa shape index (κ1) is 20.1. The average Bonchev–Trinajstić information content (AvgIpc) is 3.08. The highest BCUT2D eigenvalue weighted by molar-refractivity contribution is 7.14. The number of hydrazone groups is 1. The summed E-state index contributed by atoms with van der Waals surface area (Å²) in [7, 11) is 0. The van der Waals surface area contributed by atoms with Gasteiger partial charge in [0.25, 0.3) is 5.91 Å². The molecule has 1 heterocycles. The molecule has 0 bridgehead atoms. The van der Waals surface area contributed by atoms with Gasteiger partial charge in [-0.25, -0.2) is 5.43 Å². The van der Waals surface area contributed by atoms with Crippen molar-refractivity contribution in [1.29, 1.82) is 0 Å². The van der Waals surface area contributed by atoms with Crippen molar-refractivity contribution in [3.8, 4) is 0 Å². The van der Waals surface area contributed by atoms with Crippen molar-refractivity contribution in [3.63, 3.8) is 0 Å². The summed E-state index contributed by atoms with van der Waals surface area (Å²) in [5.41, 5.74) is 3.94. The predicted molar refractivity (Wildman–Crippen MR) is 95.5 cm³/mol. The molecule has 2 aromatic rings. The van der Waals surface area contributed by atoms with Crippen LogP contribution < -0.4 is 5.43 Å². The molecule has 0 atom stereocenters. The summed E-state index contributed by atoms with van der Waals surface area (Å²) in [6, 6.07) is 10.2. The summed E-state index contributed by atoms with van der Waals surface area (Å²) in [5, 5.41) is 4.09. The lowest BCUT2D eigenvalue weighted by Crippen LogP contribution is -2.19. The molecule has 1 amide bonds. The molecule has 1 aromatic heterocycles. The Balaban J connectivity index is 1.96. The van der Waals surface area contributed by atoms with Gasteiger partial charge >= 0.3 is 6.18 Å². The maximum absolute atomic E-state index is 12.2. The maximum atomic E-state index is 12.2. The maximum Gasteiger partial charge on any atom is 0.411 e. The first-order valence-corrected chi connectivity index (χ1v) is 8.77. The highest BCUT2D eigenvalue weighted by Gasteiger charge is 2.27. The van der Waals surface area contributed by atoms with E-state index >= 15 is 0 Å². The molecule has 0 radical (unpaired) electrons. The second-order valence-corrected chi connectivity index (χ2v) is 6.73. The Kier molecular flexibility index (Phi) is 6.93. The Labute approximate surface area is 153 Å². The summed E-state index contributed by atoms with van der Waals surface area (Å²) in [6.45, 7) is 2.31. The van der Waals surface area contributed by atoms with E-state index in [1.54, 1.807) is 36.5 Å². The van der Waals surface area contributed by atoms with Gasteiger partial charge in [-0.05, 0) is 43.2 Å².